The minimum atomic E-state index is 0.371. The lowest BCUT2D eigenvalue weighted by atomic mass is 9.97. The van der Waals surface area contributed by atoms with Gasteiger partial charge in [-0.15, -0.1) is 0 Å². The van der Waals surface area contributed by atoms with Gasteiger partial charge in [-0.3, -0.25) is 0 Å². The first-order valence-corrected chi connectivity index (χ1v) is 7.67. The molecule has 19 heavy (non-hydrogen) atoms. The van der Waals surface area contributed by atoms with Crippen molar-refractivity contribution in [1.29, 1.82) is 0 Å². The molecule has 0 aliphatic rings. The van der Waals surface area contributed by atoms with Gasteiger partial charge in [0.2, 0.25) is 0 Å². The fourth-order valence-electron chi connectivity index (χ4n) is 2.29. The molecule has 1 atom stereocenters. The van der Waals surface area contributed by atoms with Crippen LogP contribution in [0.4, 0.5) is 0 Å². The van der Waals surface area contributed by atoms with Crippen LogP contribution in [0.5, 0.6) is 0 Å². The van der Waals surface area contributed by atoms with E-state index in [0.29, 0.717) is 6.04 Å². The number of benzene rings is 2. The van der Waals surface area contributed by atoms with Gasteiger partial charge in [0.25, 0.3) is 0 Å². The van der Waals surface area contributed by atoms with E-state index in [-0.39, 0.29) is 0 Å². The monoisotopic (exact) mass is 365 g/mol. The number of halogens is 1. The second-order valence-corrected chi connectivity index (χ2v) is 6.15. The Morgan fingerprint density at radius 3 is 2.42 bits per heavy atom. The lowest BCUT2D eigenvalue weighted by Gasteiger charge is -2.19. The molecule has 0 bridgehead atoms. The van der Waals surface area contributed by atoms with E-state index in [1.807, 2.05) is 7.05 Å². The predicted molar refractivity (Wildman–Crippen MR) is 90.6 cm³/mol. The highest BCUT2D eigenvalue weighted by molar-refractivity contribution is 14.1. The Hall–Kier alpha value is -0.870. The van der Waals surface area contributed by atoms with Crippen LogP contribution >= 0.6 is 22.6 Å². The van der Waals surface area contributed by atoms with Crippen molar-refractivity contribution in [3.05, 3.63) is 68.3 Å². The zero-order chi connectivity index (χ0) is 13.8. The summed E-state index contributed by atoms with van der Waals surface area (Å²) in [6, 6.07) is 15.7. The molecule has 1 N–H and O–H groups in total. The highest BCUT2D eigenvalue weighted by Gasteiger charge is 2.13. The molecule has 2 aromatic carbocycles. The van der Waals surface area contributed by atoms with Crippen molar-refractivity contribution in [3.63, 3.8) is 0 Å². The zero-order valence-corrected chi connectivity index (χ0v) is 13.9. The largest absolute Gasteiger partial charge is 0.313 e. The van der Waals surface area contributed by atoms with Crippen molar-refractivity contribution in [3.8, 4) is 0 Å². The fourth-order valence-corrected chi connectivity index (χ4v) is 3.05. The molecule has 2 aromatic rings. The minimum absolute atomic E-state index is 0.371. The van der Waals surface area contributed by atoms with Gasteiger partial charge in [0.1, 0.15) is 0 Å². The van der Waals surface area contributed by atoms with Crippen molar-refractivity contribution in [2.45, 2.75) is 26.3 Å². The van der Waals surface area contributed by atoms with Gasteiger partial charge in [-0.1, -0.05) is 36.4 Å². The Balaban J connectivity index is 2.24. The third-order valence-corrected chi connectivity index (χ3v) is 4.62. The van der Waals surface area contributed by atoms with Crippen molar-refractivity contribution < 1.29 is 0 Å². The Morgan fingerprint density at radius 1 is 1.05 bits per heavy atom. The maximum absolute atomic E-state index is 3.44. The summed E-state index contributed by atoms with van der Waals surface area (Å²) >= 11 is 2.41. The minimum Gasteiger partial charge on any atom is -0.313 e. The second-order valence-electron chi connectivity index (χ2n) is 4.99. The number of hydrogen-bond acceptors (Lipinski definition) is 1. The number of aryl methyl sites for hydroxylation is 2. The van der Waals surface area contributed by atoms with E-state index in [9.17, 15) is 0 Å². The van der Waals surface area contributed by atoms with Crippen LogP contribution in [0, 0.1) is 17.4 Å². The van der Waals surface area contributed by atoms with E-state index in [0.717, 1.165) is 6.42 Å². The molecule has 0 saturated carbocycles. The van der Waals surface area contributed by atoms with Crippen LogP contribution in [0.25, 0.3) is 0 Å². The third-order valence-electron chi connectivity index (χ3n) is 3.64. The Morgan fingerprint density at radius 2 is 1.79 bits per heavy atom. The summed E-state index contributed by atoms with van der Waals surface area (Å²) in [7, 11) is 2.04. The van der Waals surface area contributed by atoms with E-state index in [2.05, 4.69) is 84.2 Å². The standard InChI is InChI=1S/C17H20IN/c1-12-8-9-14(10-13(12)2)11-17(19-3)15-6-4-5-7-16(15)18/h4-10,17,19H,11H2,1-3H3. The zero-order valence-electron chi connectivity index (χ0n) is 11.7. The van der Waals surface area contributed by atoms with Crippen LogP contribution in [0.2, 0.25) is 0 Å². The first-order valence-electron chi connectivity index (χ1n) is 6.59. The molecule has 2 heteroatoms. The van der Waals surface area contributed by atoms with Crippen molar-refractivity contribution in [2.24, 2.45) is 0 Å². The highest BCUT2D eigenvalue weighted by Crippen LogP contribution is 2.23. The van der Waals surface area contributed by atoms with Crippen LogP contribution in [0.1, 0.15) is 28.3 Å². The quantitative estimate of drug-likeness (QED) is 0.792. The molecule has 100 valence electrons. The molecule has 0 saturated heterocycles. The van der Waals surface area contributed by atoms with E-state index in [4.69, 9.17) is 0 Å². The molecule has 0 fully saturated rings. The summed E-state index contributed by atoms with van der Waals surface area (Å²) in [6.45, 7) is 4.34. The number of rotatable bonds is 4. The van der Waals surface area contributed by atoms with Gasteiger partial charge in [-0.2, -0.15) is 0 Å². The Labute approximate surface area is 129 Å². The number of nitrogens with one attached hydrogen (secondary N) is 1. The van der Waals surface area contributed by atoms with Crippen molar-refractivity contribution in [1.82, 2.24) is 5.32 Å². The van der Waals surface area contributed by atoms with E-state index < -0.39 is 0 Å². The summed E-state index contributed by atoms with van der Waals surface area (Å²) in [5.74, 6) is 0. The molecule has 1 nitrogen and oxygen atoms in total. The van der Waals surface area contributed by atoms with Gasteiger partial charge in [-0.25, -0.2) is 0 Å². The van der Waals surface area contributed by atoms with Crippen molar-refractivity contribution in [2.75, 3.05) is 7.05 Å². The molecule has 0 heterocycles. The number of likely N-dealkylation sites (N-methyl/N-ethyl adjacent to an activating group) is 1. The van der Waals surface area contributed by atoms with Gasteiger partial charge in [-0.05, 0) is 78.2 Å². The smallest absolute Gasteiger partial charge is 0.0368 e. The summed E-state index contributed by atoms with van der Waals surface area (Å²) in [5.41, 5.74) is 5.50. The molecule has 0 aliphatic heterocycles. The first-order chi connectivity index (χ1) is 9.11. The van der Waals surface area contributed by atoms with Crippen LogP contribution < -0.4 is 5.32 Å². The summed E-state index contributed by atoms with van der Waals surface area (Å²) < 4.78 is 1.32. The third kappa shape index (κ3) is 3.57. The lowest BCUT2D eigenvalue weighted by Crippen LogP contribution is -2.19. The van der Waals surface area contributed by atoms with E-state index in [1.165, 1.54) is 25.8 Å². The second kappa shape index (κ2) is 6.53. The maximum Gasteiger partial charge on any atom is 0.0368 e. The summed E-state index contributed by atoms with van der Waals surface area (Å²) in [6.07, 6.45) is 1.03. The summed E-state index contributed by atoms with van der Waals surface area (Å²) in [4.78, 5) is 0. The predicted octanol–water partition coefficient (Wildman–Crippen LogP) is 4.41. The van der Waals surface area contributed by atoms with Gasteiger partial charge < -0.3 is 5.32 Å². The molecular formula is C17H20IN. The average Bonchev–Trinajstić information content (AvgIpc) is 2.41. The van der Waals surface area contributed by atoms with Crippen LogP contribution in [-0.4, -0.2) is 7.05 Å². The SMILES string of the molecule is CNC(Cc1ccc(C)c(C)c1)c1ccccc1I. The normalized spacial score (nSPS) is 12.4. The van der Waals surface area contributed by atoms with Crippen LogP contribution in [0.3, 0.4) is 0 Å². The van der Waals surface area contributed by atoms with Gasteiger partial charge in [0, 0.05) is 9.61 Å². The van der Waals surface area contributed by atoms with Crippen molar-refractivity contribution >= 4 is 22.6 Å². The van der Waals surface area contributed by atoms with Gasteiger partial charge >= 0.3 is 0 Å². The maximum atomic E-state index is 3.44. The van der Waals surface area contributed by atoms with Gasteiger partial charge in [0.05, 0.1) is 0 Å². The van der Waals surface area contributed by atoms with Gasteiger partial charge in [0.15, 0.2) is 0 Å². The lowest BCUT2D eigenvalue weighted by molar-refractivity contribution is 0.589. The molecule has 1 unspecified atom stereocenters. The molecule has 0 aromatic heterocycles. The topological polar surface area (TPSA) is 12.0 Å². The summed E-state index contributed by atoms with van der Waals surface area (Å²) in [5, 5.41) is 3.44. The molecule has 0 amide bonds. The highest BCUT2D eigenvalue weighted by atomic mass is 127. The fraction of sp³-hybridized carbons (Fsp3) is 0.294. The molecule has 0 spiro atoms. The van der Waals surface area contributed by atoms with Crippen LogP contribution in [0.15, 0.2) is 42.5 Å². The first kappa shape index (κ1) is 14.5. The molecule has 0 radical (unpaired) electrons. The molecule has 0 aliphatic carbocycles. The van der Waals surface area contributed by atoms with E-state index in [1.54, 1.807) is 0 Å². The molecule has 2 rings (SSSR count). The Kier molecular flexibility index (Phi) is 4.99. The van der Waals surface area contributed by atoms with E-state index >= 15 is 0 Å². The average molecular weight is 365 g/mol. The van der Waals surface area contributed by atoms with Crippen LogP contribution in [-0.2, 0) is 6.42 Å². The number of hydrogen-bond donors (Lipinski definition) is 1. The molecular weight excluding hydrogens is 345 g/mol. The Bertz CT molecular complexity index is 563.